The highest BCUT2D eigenvalue weighted by molar-refractivity contribution is 6.02. The zero-order chi connectivity index (χ0) is 19.5. The molecule has 1 aliphatic heterocycles. The van der Waals surface area contributed by atoms with Gasteiger partial charge in [0, 0.05) is 29.3 Å². The molecule has 0 aromatic heterocycles. The maximum atomic E-state index is 9.88. The van der Waals surface area contributed by atoms with Crippen molar-refractivity contribution in [3.8, 4) is 11.5 Å². The summed E-state index contributed by atoms with van der Waals surface area (Å²) in [6.07, 6.45) is 14.6. The summed E-state index contributed by atoms with van der Waals surface area (Å²) in [6.45, 7) is 0. The number of phenolic OH excluding ortho intramolecular Hbond substituents is 1. The molecule has 146 valence electrons. The van der Waals surface area contributed by atoms with Gasteiger partial charge in [0.05, 0.1) is 0 Å². The smallest absolute Gasteiger partial charge is 0.199 e. The summed E-state index contributed by atoms with van der Waals surface area (Å²) < 4.78 is 8.15. The summed E-state index contributed by atoms with van der Waals surface area (Å²) in [5, 5.41) is 9.88. The minimum absolute atomic E-state index is 0. The molecule has 0 bridgehead atoms. The van der Waals surface area contributed by atoms with Crippen molar-refractivity contribution in [1.82, 2.24) is 0 Å². The van der Waals surface area contributed by atoms with Crippen molar-refractivity contribution in [3.05, 3.63) is 108 Å². The van der Waals surface area contributed by atoms with Gasteiger partial charge in [-0.25, -0.2) is 4.58 Å². The summed E-state index contributed by atoms with van der Waals surface area (Å²) in [5.41, 5.74) is 5.29. The van der Waals surface area contributed by atoms with Gasteiger partial charge in [-0.2, -0.15) is 0 Å². The Labute approximate surface area is 177 Å². The van der Waals surface area contributed by atoms with Crippen molar-refractivity contribution >= 4 is 17.0 Å². The van der Waals surface area contributed by atoms with Crippen LogP contribution in [0.4, 0.5) is 0 Å². The van der Waals surface area contributed by atoms with E-state index in [0.717, 1.165) is 28.0 Å². The molecular formula is C25H22ClNO2. The lowest BCUT2D eigenvalue weighted by Crippen LogP contribution is -3.00. The van der Waals surface area contributed by atoms with Crippen LogP contribution in [-0.2, 0) is 0 Å². The van der Waals surface area contributed by atoms with E-state index in [-0.39, 0.29) is 18.2 Å². The van der Waals surface area contributed by atoms with Gasteiger partial charge in [-0.1, -0.05) is 42.5 Å². The van der Waals surface area contributed by atoms with Crippen molar-refractivity contribution in [2.45, 2.75) is 0 Å². The van der Waals surface area contributed by atoms with Gasteiger partial charge in [0.1, 0.15) is 31.4 Å². The maximum absolute atomic E-state index is 9.88. The van der Waals surface area contributed by atoms with E-state index in [0.29, 0.717) is 5.75 Å². The van der Waals surface area contributed by atoms with Crippen LogP contribution in [0.1, 0.15) is 11.1 Å². The molecule has 2 aromatic carbocycles. The molecular weight excluding hydrogens is 382 g/mol. The molecule has 2 aliphatic rings. The van der Waals surface area contributed by atoms with Crippen LogP contribution in [0.2, 0.25) is 0 Å². The molecule has 1 N–H and O–H groups in total. The maximum Gasteiger partial charge on any atom is 0.199 e. The average molecular weight is 404 g/mol. The third-order valence-electron chi connectivity index (χ3n) is 4.71. The first-order valence-corrected chi connectivity index (χ1v) is 9.21. The Kier molecular flexibility index (Phi) is 6.20. The number of fused-ring (bicyclic) bond motifs is 1. The van der Waals surface area contributed by atoms with Crippen molar-refractivity contribution in [2.75, 3.05) is 14.1 Å². The highest BCUT2D eigenvalue weighted by atomic mass is 35.5. The Morgan fingerprint density at radius 1 is 0.897 bits per heavy atom. The molecule has 1 aliphatic carbocycles. The second-order valence-corrected chi connectivity index (χ2v) is 6.93. The Bertz CT molecular complexity index is 1080. The van der Waals surface area contributed by atoms with Gasteiger partial charge in [0.2, 0.25) is 0 Å². The lowest BCUT2D eigenvalue weighted by atomic mass is 9.98. The van der Waals surface area contributed by atoms with Crippen LogP contribution in [0.5, 0.6) is 11.5 Å². The minimum atomic E-state index is 0. The second kappa shape index (κ2) is 8.80. The third kappa shape index (κ3) is 4.58. The Hall–Kier alpha value is -3.30. The zero-order valence-corrected chi connectivity index (χ0v) is 17.1. The highest BCUT2D eigenvalue weighted by Crippen LogP contribution is 2.38. The summed E-state index contributed by atoms with van der Waals surface area (Å²) in [5.74, 6) is 1.61. The lowest BCUT2D eigenvalue weighted by Gasteiger charge is -2.20. The molecule has 0 unspecified atom stereocenters. The largest absolute Gasteiger partial charge is 1.00 e. The predicted octanol–water partition coefficient (Wildman–Crippen LogP) is 1.98. The average Bonchev–Trinajstić information content (AvgIpc) is 2.72. The molecule has 0 fully saturated rings. The van der Waals surface area contributed by atoms with Crippen molar-refractivity contribution in [3.63, 3.8) is 0 Å². The standard InChI is InChI=1S/C25H21NO2.ClH/c1-26(2)21-12-9-18(10-13-21)8-11-20-16-24(19-6-4-3-5-7-19)28-25-17-22(27)14-15-23(20)25;/h3-17H,1-2H3;1H. The molecule has 0 amide bonds. The summed E-state index contributed by atoms with van der Waals surface area (Å²) in [6, 6.07) is 15.2. The molecule has 4 rings (SSSR count). The molecule has 0 spiro atoms. The van der Waals surface area contributed by atoms with E-state index >= 15 is 0 Å². The predicted molar refractivity (Wildman–Crippen MR) is 115 cm³/mol. The molecule has 0 saturated heterocycles. The normalized spacial score (nSPS) is 15.9. The van der Waals surface area contributed by atoms with Crippen LogP contribution < -0.4 is 17.1 Å². The van der Waals surface area contributed by atoms with Gasteiger partial charge in [0.15, 0.2) is 5.71 Å². The number of hydrogen-bond acceptors (Lipinski definition) is 2. The van der Waals surface area contributed by atoms with E-state index in [2.05, 4.69) is 41.0 Å². The number of benzene rings is 2. The lowest BCUT2D eigenvalue weighted by molar-refractivity contribution is -0.462. The van der Waals surface area contributed by atoms with Gasteiger partial charge in [-0.3, -0.25) is 0 Å². The molecule has 2 aromatic rings. The van der Waals surface area contributed by atoms with Gasteiger partial charge < -0.3 is 22.3 Å². The van der Waals surface area contributed by atoms with Crippen LogP contribution in [0.25, 0.3) is 11.3 Å². The molecule has 1 heterocycles. The first-order valence-electron chi connectivity index (χ1n) is 9.21. The number of aromatic hydroxyl groups is 1. The first kappa shape index (κ1) is 20.4. The van der Waals surface area contributed by atoms with E-state index < -0.39 is 0 Å². The minimum Gasteiger partial charge on any atom is -1.00 e. The third-order valence-corrected chi connectivity index (χ3v) is 4.71. The van der Waals surface area contributed by atoms with E-state index in [1.807, 2.05) is 56.6 Å². The van der Waals surface area contributed by atoms with Gasteiger partial charge in [-0.05, 0) is 41.5 Å². The summed E-state index contributed by atoms with van der Waals surface area (Å²) in [7, 11) is 4.07. The first-order chi connectivity index (χ1) is 13.6. The zero-order valence-electron chi connectivity index (χ0n) is 16.3. The monoisotopic (exact) mass is 403 g/mol. The highest BCUT2D eigenvalue weighted by Gasteiger charge is 2.18. The molecule has 29 heavy (non-hydrogen) atoms. The molecule has 4 heteroatoms. The molecule has 0 saturated carbocycles. The van der Waals surface area contributed by atoms with Crippen molar-refractivity contribution in [2.24, 2.45) is 0 Å². The fourth-order valence-corrected chi connectivity index (χ4v) is 3.15. The SMILES string of the molecule is C[N+](C)=C1C=CC(=C/C=C2\C=C(c3ccccc3)Oc3cc(O)ccc32)C=C1.[Cl-]. The quantitative estimate of drug-likeness (QED) is 0.778. The van der Waals surface area contributed by atoms with E-state index in [1.165, 1.54) is 5.71 Å². The topological polar surface area (TPSA) is 32.5 Å². The number of halogens is 1. The fraction of sp³-hybridized carbons (Fsp3) is 0.0800. The number of nitrogens with zero attached hydrogens (tertiary/aromatic N) is 1. The number of allylic oxidation sites excluding steroid dienone is 9. The van der Waals surface area contributed by atoms with Crippen LogP contribution in [0, 0.1) is 0 Å². The van der Waals surface area contributed by atoms with E-state index in [4.69, 9.17) is 4.74 Å². The van der Waals surface area contributed by atoms with Crippen molar-refractivity contribution in [1.29, 1.82) is 0 Å². The van der Waals surface area contributed by atoms with E-state index in [1.54, 1.807) is 12.1 Å². The number of rotatable bonds is 2. The number of ether oxygens (including phenoxy) is 1. The Morgan fingerprint density at radius 3 is 2.31 bits per heavy atom. The summed E-state index contributed by atoms with van der Waals surface area (Å²) >= 11 is 0. The van der Waals surface area contributed by atoms with Crippen LogP contribution in [0.15, 0.2) is 96.6 Å². The fourth-order valence-electron chi connectivity index (χ4n) is 3.15. The number of phenols is 1. The van der Waals surface area contributed by atoms with E-state index in [9.17, 15) is 5.11 Å². The number of hydrogen-bond donors (Lipinski definition) is 1. The molecule has 0 atom stereocenters. The Balaban J connectivity index is 0.00000240. The van der Waals surface area contributed by atoms with Crippen LogP contribution in [-0.4, -0.2) is 29.5 Å². The molecule has 0 radical (unpaired) electrons. The van der Waals surface area contributed by atoms with Crippen LogP contribution in [0.3, 0.4) is 0 Å². The van der Waals surface area contributed by atoms with Crippen molar-refractivity contribution < 1.29 is 26.8 Å². The van der Waals surface area contributed by atoms with Gasteiger partial charge >= 0.3 is 0 Å². The molecule has 3 nitrogen and oxygen atoms in total. The van der Waals surface area contributed by atoms with Crippen LogP contribution >= 0.6 is 0 Å². The summed E-state index contributed by atoms with van der Waals surface area (Å²) in [4.78, 5) is 0. The Morgan fingerprint density at radius 2 is 1.62 bits per heavy atom. The van der Waals surface area contributed by atoms with Gasteiger partial charge in [0.25, 0.3) is 0 Å². The van der Waals surface area contributed by atoms with Gasteiger partial charge in [-0.15, -0.1) is 0 Å². The second-order valence-electron chi connectivity index (χ2n) is 6.93.